The molecule has 4 aromatic rings. The van der Waals surface area contributed by atoms with Crippen LogP contribution < -0.4 is 5.32 Å². The number of carbonyl (C=O) groups excluding carboxylic acids is 1. The van der Waals surface area contributed by atoms with Crippen LogP contribution in [0.4, 0.5) is 5.82 Å². The molecule has 4 rings (SSSR count). The summed E-state index contributed by atoms with van der Waals surface area (Å²) in [4.78, 5) is 23.9. The van der Waals surface area contributed by atoms with Crippen LogP contribution in [0.5, 0.6) is 0 Å². The van der Waals surface area contributed by atoms with Crippen molar-refractivity contribution >= 4 is 33.9 Å². The summed E-state index contributed by atoms with van der Waals surface area (Å²) in [6, 6.07) is 10.0. The van der Waals surface area contributed by atoms with Crippen LogP contribution >= 0.6 is 0 Å². The maximum absolute atomic E-state index is 11.4. The van der Waals surface area contributed by atoms with Crippen molar-refractivity contribution in [2.45, 2.75) is 20.0 Å². The quantitative estimate of drug-likeness (QED) is 0.529. The van der Waals surface area contributed by atoms with Gasteiger partial charge >= 0.3 is 5.97 Å². The topological polar surface area (TPSA) is 84.8 Å². The minimum absolute atomic E-state index is 0.201. The van der Waals surface area contributed by atoms with E-state index in [9.17, 15) is 4.79 Å². The molecular weight excluding hydrogens is 342 g/mol. The molecule has 0 amide bonds. The van der Waals surface area contributed by atoms with Crippen LogP contribution in [0.3, 0.4) is 0 Å². The molecule has 0 saturated carbocycles. The number of hydrogen-bond donors (Lipinski definition) is 2. The molecule has 7 heteroatoms. The zero-order chi connectivity index (χ0) is 19.0. The van der Waals surface area contributed by atoms with Gasteiger partial charge in [0.15, 0.2) is 5.82 Å². The number of rotatable bonds is 5. The maximum atomic E-state index is 11.4. The highest BCUT2D eigenvalue weighted by Gasteiger charge is 2.15. The van der Waals surface area contributed by atoms with Crippen LogP contribution in [-0.4, -0.2) is 32.5 Å². The van der Waals surface area contributed by atoms with E-state index in [0.29, 0.717) is 6.42 Å². The number of fused-ring (bicyclic) bond motifs is 3. The molecule has 0 unspecified atom stereocenters. The van der Waals surface area contributed by atoms with E-state index in [0.717, 1.165) is 44.7 Å². The lowest BCUT2D eigenvalue weighted by atomic mass is 10.1. The molecule has 0 aliphatic carbocycles. The molecule has 0 atom stereocenters. The summed E-state index contributed by atoms with van der Waals surface area (Å²) < 4.78 is 7.24. The fourth-order valence-electron chi connectivity index (χ4n) is 3.22. The van der Waals surface area contributed by atoms with Gasteiger partial charge in [0.05, 0.1) is 11.8 Å². The van der Waals surface area contributed by atoms with Crippen molar-refractivity contribution in [2.75, 3.05) is 12.4 Å². The minimum atomic E-state index is -0.201. The first kappa shape index (κ1) is 17.1. The van der Waals surface area contributed by atoms with Crippen LogP contribution in [0, 0.1) is 0 Å². The van der Waals surface area contributed by atoms with Crippen molar-refractivity contribution in [3.05, 3.63) is 42.2 Å². The van der Waals surface area contributed by atoms with Gasteiger partial charge in [0, 0.05) is 31.6 Å². The van der Waals surface area contributed by atoms with Gasteiger partial charge < -0.3 is 19.6 Å². The Morgan fingerprint density at radius 1 is 1.33 bits per heavy atom. The molecule has 3 heterocycles. The number of aryl methyl sites for hydroxylation is 1. The zero-order valence-electron chi connectivity index (χ0n) is 15.5. The van der Waals surface area contributed by atoms with E-state index in [1.807, 2.05) is 42.9 Å². The first-order chi connectivity index (χ1) is 13.1. The Bertz CT molecular complexity index is 1140. The summed E-state index contributed by atoms with van der Waals surface area (Å²) in [6.07, 6.45) is 2.17. The smallest absolute Gasteiger partial charge is 0.305 e. The molecule has 3 aromatic heterocycles. The number of pyridine rings is 1. The van der Waals surface area contributed by atoms with Gasteiger partial charge in [-0.2, -0.15) is 0 Å². The van der Waals surface area contributed by atoms with Crippen LogP contribution in [0.1, 0.15) is 18.9 Å². The van der Waals surface area contributed by atoms with Gasteiger partial charge in [0.2, 0.25) is 0 Å². The first-order valence-electron chi connectivity index (χ1n) is 8.87. The van der Waals surface area contributed by atoms with Crippen LogP contribution in [0.15, 0.2) is 36.7 Å². The molecule has 0 spiro atoms. The molecule has 0 aliphatic heterocycles. The number of H-pyrrole nitrogens is 1. The molecule has 0 bridgehead atoms. The van der Waals surface area contributed by atoms with Gasteiger partial charge in [-0.05, 0) is 23.3 Å². The fraction of sp³-hybridized carbons (Fsp3) is 0.250. The van der Waals surface area contributed by atoms with Gasteiger partial charge in [0.1, 0.15) is 17.8 Å². The van der Waals surface area contributed by atoms with Crippen LogP contribution in [-0.2, 0) is 23.2 Å². The highest BCUT2D eigenvalue weighted by molar-refractivity contribution is 6.07. The normalized spacial score (nSPS) is 11.2. The molecule has 1 aromatic carbocycles. The summed E-state index contributed by atoms with van der Waals surface area (Å²) in [5.41, 5.74) is 5.59. The van der Waals surface area contributed by atoms with Crippen molar-refractivity contribution in [1.82, 2.24) is 19.5 Å². The number of benzene rings is 1. The maximum Gasteiger partial charge on any atom is 0.305 e. The van der Waals surface area contributed by atoms with Gasteiger partial charge in [-0.15, -0.1) is 0 Å². The highest BCUT2D eigenvalue weighted by Crippen LogP contribution is 2.31. The molecule has 7 nitrogen and oxygen atoms in total. The van der Waals surface area contributed by atoms with E-state index in [-0.39, 0.29) is 12.6 Å². The second kappa shape index (κ2) is 6.75. The predicted octanol–water partition coefficient (Wildman–Crippen LogP) is 3.61. The lowest BCUT2D eigenvalue weighted by Crippen LogP contribution is -2.02. The zero-order valence-corrected chi connectivity index (χ0v) is 15.5. The number of nitrogens with zero attached hydrogens (tertiary/aromatic N) is 3. The lowest BCUT2D eigenvalue weighted by Gasteiger charge is -2.05. The first-order valence-corrected chi connectivity index (χ1v) is 8.87. The third-order valence-corrected chi connectivity index (χ3v) is 4.60. The largest absolute Gasteiger partial charge is 0.461 e. The van der Waals surface area contributed by atoms with Crippen molar-refractivity contribution in [2.24, 2.45) is 7.05 Å². The van der Waals surface area contributed by atoms with Crippen molar-refractivity contribution < 1.29 is 9.53 Å². The molecular formula is C20H21N5O2. The number of esters is 1. The Balaban J connectivity index is 1.77. The predicted molar refractivity (Wildman–Crippen MR) is 105 cm³/mol. The Kier molecular flexibility index (Phi) is 4.27. The molecule has 138 valence electrons. The number of anilines is 1. The number of hydrogen-bond acceptors (Lipinski definition) is 5. The second-order valence-corrected chi connectivity index (χ2v) is 6.42. The summed E-state index contributed by atoms with van der Waals surface area (Å²) in [7, 11) is 3.82. The third-order valence-electron chi connectivity index (χ3n) is 4.60. The molecule has 0 fully saturated rings. The number of nitrogens with one attached hydrogen (secondary N) is 2. The van der Waals surface area contributed by atoms with E-state index >= 15 is 0 Å². The summed E-state index contributed by atoms with van der Waals surface area (Å²) in [6.45, 7) is 2.06. The third kappa shape index (κ3) is 3.01. The second-order valence-electron chi connectivity index (χ2n) is 6.42. The average Bonchev–Trinajstić information content (AvgIpc) is 3.29. The molecule has 0 radical (unpaired) electrons. The van der Waals surface area contributed by atoms with E-state index in [1.54, 1.807) is 13.3 Å². The Morgan fingerprint density at radius 3 is 2.96 bits per heavy atom. The van der Waals surface area contributed by atoms with Gasteiger partial charge in [-0.1, -0.05) is 25.1 Å². The van der Waals surface area contributed by atoms with Crippen LogP contribution in [0.25, 0.3) is 33.3 Å². The van der Waals surface area contributed by atoms with E-state index in [1.165, 1.54) is 0 Å². The lowest BCUT2D eigenvalue weighted by molar-refractivity contribution is -0.144. The fourth-order valence-corrected chi connectivity index (χ4v) is 3.22. The van der Waals surface area contributed by atoms with Crippen LogP contribution in [0.2, 0.25) is 0 Å². The molecule has 0 aliphatic rings. The van der Waals surface area contributed by atoms with E-state index in [4.69, 9.17) is 4.74 Å². The summed E-state index contributed by atoms with van der Waals surface area (Å²) in [5, 5.41) is 4.13. The number of aromatic nitrogens is 4. The Labute approximate surface area is 156 Å². The van der Waals surface area contributed by atoms with Gasteiger partial charge in [-0.25, -0.2) is 9.97 Å². The van der Waals surface area contributed by atoms with E-state index < -0.39 is 0 Å². The van der Waals surface area contributed by atoms with E-state index in [2.05, 4.69) is 26.3 Å². The number of imidazole rings is 1. The molecule has 0 saturated heterocycles. The van der Waals surface area contributed by atoms with Gasteiger partial charge in [0.25, 0.3) is 0 Å². The Morgan fingerprint density at radius 2 is 2.19 bits per heavy atom. The number of ether oxygens (including phenoxy) is 1. The summed E-state index contributed by atoms with van der Waals surface area (Å²) >= 11 is 0. The van der Waals surface area contributed by atoms with Crippen molar-refractivity contribution in [1.29, 1.82) is 0 Å². The SMILES string of the molecule is CCC(=O)OCc1cccc(-c2cc3c(nc(NC)c4ncn(C)c43)[nH]2)c1. The minimum Gasteiger partial charge on any atom is -0.461 e. The van der Waals surface area contributed by atoms with Gasteiger partial charge in [-0.3, -0.25) is 4.79 Å². The average molecular weight is 363 g/mol. The Hall–Kier alpha value is -3.35. The van der Waals surface area contributed by atoms with Crippen molar-refractivity contribution in [3.63, 3.8) is 0 Å². The highest BCUT2D eigenvalue weighted by atomic mass is 16.5. The molecule has 2 N–H and O–H groups in total. The number of aromatic amines is 1. The summed E-state index contributed by atoms with van der Waals surface area (Å²) in [5.74, 6) is 0.542. The monoisotopic (exact) mass is 363 g/mol. The molecule has 27 heavy (non-hydrogen) atoms. The number of carbonyl (C=O) groups is 1. The standard InChI is InChI=1S/C20H21N5O2/c1-4-16(26)27-10-12-6-5-7-13(8-12)15-9-14-18-17(22-11-25(18)3)20(21-2)24-19(14)23-15/h5-9,11H,4,10H2,1-3H3,(H2,21,23,24). The van der Waals surface area contributed by atoms with Crippen molar-refractivity contribution in [3.8, 4) is 11.3 Å².